The van der Waals surface area contributed by atoms with E-state index in [9.17, 15) is 18.4 Å². The molecular weight excluding hydrogens is 596 g/mol. The highest BCUT2D eigenvalue weighted by Crippen LogP contribution is 2.38. The Morgan fingerprint density at radius 1 is 1.04 bits per heavy atom. The van der Waals surface area contributed by atoms with Gasteiger partial charge in [-0.1, -0.05) is 6.07 Å². The molecule has 2 aliphatic heterocycles. The van der Waals surface area contributed by atoms with Crippen LogP contribution in [0.2, 0.25) is 0 Å². The number of carbonyl (C=O) groups is 2. The van der Waals surface area contributed by atoms with Crippen LogP contribution in [0.5, 0.6) is 0 Å². The first-order chi connectivity index (χ1) is 21.7. The first-order valence-electron chi connectivity index (χ1n) is 14.7. The number of anilines is 2. The molecule has 9 nitrogen and oxygen atoms in total. The second-order valence-corrected chi connectivity index (χ2v) is 12.5. The van der Waals surface area contributed by atoms with E-state index >= 15 is 0 Å². The normalized spacial score (nSPS) is 15.4. The van der Waals surface area contributed by atoms with Gasteiger partial charge in [0, 0.05) is 60.6 Å². The molecule has 45 heavy (non-hydrogen) atoms. The van der Waals surface area contributed by atoms with E-state index in [4.69, 9.17) is 4.98 Å². The van der Waals surface area contributed by atoms with E-state index in [1.165, 1.54) is 29.5 Å². The number of aryl methyl sites for hydroxylation is 1. The van der Waals surface area contributed by atoms with E-state index in [0.29, 0.717) is 48.0 Å². The number of hydrogen-bond acceptors (Lipinski definition) is 8. The van der Waals surface area contributed by atoms with E-state index in [1.807, 2.05) is 37.1 Å². The van der Waals surface area contributed by atoms with Crippen LogP contribution in [0.1, 0.15) is 44.1 Å². The highest BCUT2D eigenvalue weighted by molar-refractivity contribution is 7.14. The van der Waals surface area contributed by atoms with Crippen molar-refractivity contribution in [2.24, 2.45) is 4.99 Å². The van der Waals surface area contributed by atoms with Crippen LogP contribution < -0.4 is 15.5 Å². The van der Waals surface area contributed by atoms with E-state index < -0.39 is 17.2 Å². The largest absolute Gasteiger partial charge is 0.358 e. The zero-order chi connectivity index (χ0) is 31.9. The van der Waals surface area contributed by atoms with Gasteiger partial charge in [-0.15, -0.1) is 11.3 Å². The number of aromatic nitrogens is 2. The number of thiophene rings is 1. The SMILES string of the molecule is CNC(=O)C1(NC)CCN(C(=O)c2ccc(N(C)c3ncc4c(n3)-c3cc(C)sc3C(c3c(F)cccc3F)=NC4)cc2)CC1. The number of likely N-dealkylation sites (tertiary alicyclic amines) is 1. The third-order valence-corrected chi connectivity index (χ3v) is 9.69. The van der Waals surface area contributed by atoms with Gasteiger partial charge in [0.25, 0.3) is 5.91 Å². The van der Waals surface area contributed by atoms with Gasteiger partial charge in [0.1, 0.15) is 17.2 Å². The van der Waals surface area contributed by atoms with E-state index in [-0.39, 0.29) is 29.6 Å². The Balaban J connectivity index is 1.23. The molecule has 2 N–H and O–H groups in total. The average molecular weight is 630 g/mol. The van der Waals surface area contributed by atoms with Crippen molar-refractivity contribution in [3.05, 3.63) is 92.8 Å². The Kier molecular flexibility index (Phi) is 8.19. The Morgan fingerprint density at radius 2 is 1.73 bits per heavy atom. The molecule has 0 unspecified atom stereocenters. The number of halogens is 2. The third-order valence-electron chi connectivity index (χ3n) is 8.63. The Hall–Kier alpha value is -4.55. The van der Waals surface area contributed by atoms with Gasteiger partial charge in [0.05, 0.1) is 28.4 Å². The lowest BCUT2D eigenvalue weighted by molar-refractivity contribution is -0.128. The number of fused-ring (bicyclic) bond motifs is 3. The zero-order valence-electron chi connectivity index (χ0n) is 25.4. The van der Waals surface area contributed by atoms with Crippen LogP contribution in [-0.4, -0.2) is 72.2 Å². The van der Waals surface area contributed by atoms with Crippen LogP contribution in [-0.2, 0) is 11.3 Å². The average Bonchev–Trinajstić information content (AvgIpc) is 3.39. The molecule has 2 aromatic carbocycles. The molecule has 2 aliphatic rings. The molecule has 1 fully saturated rings. The number of nitrogens with zero attached hydrogens (tertiary/aromatic N) is 5. The van der Waals surface area contributed by atoms with Crippen molar-refractivity contribution < 1.29 is 18.4 Å². The summed E-state index contributed by atoms with van der Waals surface area (Å²) in [6.07, 6.45) is 2.75. The minimum absolute atomic E-state index is 0.0678. The van der Waals surface area contributed by atoms with Gasteiger partial charge in [-0.3, -0.25) is 14.6 Å². The number of carbonyl (C=O) groups excluding carboxylic acids is 2. The molecular formula is C33H33F2N7O2S. The number of piperidine rings is 1. The predicted molar refractivity (Wildman–Crippen MR) is 171 cm³/mol. The fourth-order valence-corrected chi connectivity index (χ4v) is 7.00. The van der Waals surface area contributed by atoms with Gasteiger partial charge in [-0.25, -0.2) is 18.7 Å². The quantitative estimate of drug-likeness (QED) is 0.316. The van der Waals surface area contributed by atoms with Gasteiger partial charge in [0.15, 0.2) is 0 Å². The lowest BCUT2D eigenvalue weighted by atomic mass is 9.86. The zero-order valence-corrected chi connectivity index (χ0v) is 26.3. The van der Waals surface area contributed by atoms with Crippen LogP contribution in [0.25, 0.3) is 11.3 Å². The molecule has 0 atom stereocenters. The molecule has 0 bridgehead atoms. The monoisotopic (exact) mass is 629 g/mol. The maximum Gasteiger partial charge on any atom is 0.253 e. The van der Waals surface area contributed by atoms with Crippen LogP contribution >= 0.6 is 11.3 Å². The van der Waals surface area contributed by atoms with Crippen LogP contribution in [0.3, 0.4) is 0 Å². The Morgan fingerprint density at radius 3 is 2.38 bits per heavy atom. The van der Waals surface area contributed by atoms with Gasteiger partial charge < -0.3 is 20.4 Å². The maximum atomic E-state index is 14.8. The van der Waals surface area contributed by atoms with E-state index in [2.05, 4.69) is 20.6 Å². The van der Waals surface area contributed by atoms with Gasteiger partial charge in [0.2, 0.25) is 11.9 Å². The fraction of sp³-hybridized carbons (Fsp3) is 0.303. The number of hydrogen-bond donors (Lipinski definition) is 2. The van der Waals surface area contributed by atoms with E-state index in [0.717, 1.165) is 21.7 Å². The van der Waals surface area contributed by atoms with Crippen molar-refractivity contribution in [3.8, 4) is 11.3 Å². The number of likely N-dealkylation sites (N-methyl/N-ethyl adjacent to an activating group) is 2. The minimum Gasteiger partial charge on any atom is -0.358 e. The van der Waals surface area contributed by atoms with Crippen molar-refractivity contribution in [1.82, 2.24) is 25.5 Å². The van der Waals surface area contributed by atoms with Gasteiger partial charge >= 0.3 is 0 Å². The molecule has 2 amide bonds. The van der Waals surface area contributed by atoms with Crippen molar-refractivity contribution in [3.63, 3.8) is 0 Å². The standard InChI is InChI=1S/C33H33F2N7O2S/c1-19-16-23-27-21(17-38-28(29(23)45-19)26-24(34)6-5-7-25(26)35)18-39-32(40-27)41(4)22-10-8-20(9-11-22)30(43)42-14-12-33(37-3,13-15-42)31(44)36-2/h5-11,16,18,37H,12-15,17H2,1-4H3,(H,36,44). The summed E-state index contributed by atoms with van der Waals surface area (Å²) in [5.41, 5.74) is 2.94. The lowest BCUT2D eigenvalue weighted by Crippen LogP contribution is -2.60. The lowest BCUT2D eigenvalue weighted by Gasteiger charge is -2.40. The Bertz CT molecular complexity index is 1790. The van der Waals surface area contributed by atoms with Gasteiger partial charge in [-0.2, -0.15) is 0 Å². The summed E-state index contributed by atoms with van der Waals surface area (Å²) in [5.74, 6) is -1.06. The topological polar surface area (TPSA) is 103 Å². The number of aliphatic imine (C=N–C) groups is 1. The van der Waals surface area contributed by atoms with Crippen molar-refractivity contribution >= 4 is 40.5 Å². The molecule has 1 saturated heterocycles. The minimum atomic E-state index is -0.671. The van der Waals surface area contributed by atoms with Crippen molar-refractivity contribution in [1.29, 1.82) is 0 Å². The highest BCUT2D eigenvalue weighted by Gasteiger charge is 2.40. The molecule has 0 saturated carbocycles. The Labute approximate surface area is 264 Å². The molecule has 0 radical (unpaired) electrons. The van der Waals surface area contributed by atoms with Crippen molar-refractivity contribution in [2.45, 2.75) is 31.8 Å². The molecule has 232 valence electrons. The summed E-state index contributed by atoms with van der Waals surface area (Å²) >= 11 is 1.42. The molecule has 0 aliphatic carbocycles. The summed E-state index contributed by atoms with van der Waals surface area (Å²) in [4.78, 5) is 45.0. The molecule has 4 heterocycles. The highest BCUT2D eigenvalue weighted by atomic mass is 32.1. The first kappa shape index (κ1) is 30.5. The summed E-state index contributed by atoms with van der Waals surface area (Å²) in [5, 5.41) is 5.86. The summed E-state index contributed by atoms with van der Waals surface area (Å²) in [7, 11) is 5.23. The number of rotatable bonds is 6. The summed E-state index contributed by atoms with van der Waals surface area (Å²) in [6, 6.07) is 13.0. The predicted octanol–water partition coefficient (Wildman–Crippen LogP) is 4.85. The number of nitrogens with one attached hydrogen (secondary N) is 2. The third kappa shape index (κ3) is 5.48. The second kappa shape index (κ2) is 12.1. The first-order valence-corrected chi connectivity index (χ1v) is 15.5. The van der Waals surface area contributed by atoms with Crippen LogP contribution in [0, 0.1) is 18.6 Å². The molecule has 2 aromatic heterocycles. The maximum absolute atomic E-state index is 14.8. The van der Waals surface area contributed by atoms with Crippen LogP contribution in [0.15, 0.2) is 59.7 Å². The second-order valence-electron chi connectivity index (χ2n) is 11.2. The molecule has 4 aromatic rings. The smallest absolute Gasteiger partial charge is 0.253 e. The number of benzene rings is 2. The molecule has 6 rings (SSSR count). The molecule has 0 spiro atoms. The summed E-state index contributed by atoms with van der Waals surface area (Å²) in [6.45, 7) is 3.05. The fourth-order valence-electron chi connectivity index (χ4n) is 5.97. The number of amides is 2. The van der Waals surface area contributed by atoms with Crippen molar-refractivity contribution in [2.75, 3.05) is 39.1 Å². The van der Waals surface area contributed by atoms with E-state index in [1.54, 1.807) is 37.3 Å². The molecule has 12 heteroatoms. The summed E-state index contributed by atoms with van der Waals surface area (Å²) < 4.78 is 29.7. The van der Waals surface area contributed by atoms with Crippen LogP contribution in [0.4, 0.5) is 20.4 Å². The van der Waals surface area contributed by atoms with Gasteiger partial charge in [-0.05, 0) is 69.3 Å².